The van der Waals surface area contributed by atoms with E-state index in [-0.39, 0.29) is 23.7 Å². The molecule has 8 nitrogen and oxygen atoms in total. The van der Waals surface area contributed by atoms with Gasteiger partial charge < -0.3 is 14.6 Å². The van der Waals surface area contributed by atoms with Crippen LogP contribution in [0.1, 0.15) is 43.5 Å². The molecule has 0 bridgehead atoms. The Bertz CT molecular complexity index is 955. The van der Waals surface area contributed by atoms with Gasteiger partial charge in [0, 0.05) is 44.5 Å². The minimum atomic E-state index is -0.0978. The lowest BCUT2D eigenvalue weighted by atomic mass is 9.71. The molecule has 2 fully saturated rings. The second-order valence-corrected chi connectivity index (χ2v) is 7.69. The average Bonchev–Trinajstić information content (AvgIpc) is 3.08. The molecule has 1 unspecified atom stereocenters. The van der Waals surface area contributed by atoms with Gasteiger partial charge in [-0.2, -0.15) is 5.10 Å². The highest BCUT2D eigenvalue weighted by atomic mass is 16.5. The van der Waals surface area contributed by atoms with Gasteiger partial charge >= 0.3 is 0 Å². The van der Waals surface area contributed by atoms with Crippen LogP contribution in [0.25, 0.3) is 11.0 Å². The van der Waals surface area contributed by atoms with Crippen molar-refractivity contribution in [3.05, 3.63) is 34.7 Å². The van der Waals surface area contributed by atoms with Crippen LogP contribution in [0.2, 0.25) is 0 Å². The largest absolute Gasteiger partial charge is 0.381 e. The Hall–Kier alpha value is -2.48. The number of allylic oxidation sites excluding steroid dienone is 1. The van der Waals surface area contributed by atoms with E-state index in [4.69, 9.17) is 9.72 Å². The van der Waals surface area contributed by atoms with Crippen LogP contribution < -0.4 is 5.56 Å². The standard InChI is InChI=1S/C19H24N6O2/c1-24-8-2-7-20-17(24)14-4-3-13(14)16-22-18-15(19(26)23-16)11-21-25(18)12-5-9-27-10-6-12/h2,7-8,11-14,17H,3-6,9-10H2,1H3,(H,22,23,26)/t13-,14+,17?/m1/s1. The van der Waals surface area contributed by atoms with Crippen molar-refractivity contribution in [3.8, 4) is 0 Å². The van der Waals surface area contributed by atoms with E-state index in [2.05, 4.69) is 20.0 Å². The van der Waals surface area contributed by atoms with Crippen LogP contribution in [0, 0.1) is 5.92 Å². The summed E-state index contributed by atoms with van der Waals surface area (Å²) >= 11 is 0. The lowest BCUT2D eigenvalue weighted by Gasteiger charge is -2.43. The summed E-state index contributed by atoms with van der Waals surface area (Å²) in [6, 6.07) is 0.245. The van der Waals surface area contributed by atoms with Crippen LogP contribution >= 0.6 is 0 Å². The third-order valence-corrected chi connectivity index (χ3v) is 6.14. The molecule has 5 rings (SSSR count). The molecular formula is C19H24N6O2. The zero-order valence-electron chi connectivity index (χ0n) is 15.4. The second-order valence-electron chi connectivity index (χ2n) is 7.69. The number of nitrogens with zero attached hydrogens (tertiary/aromatic N) is 5. The molecule has 142 valence electrons. The molecular weight excluding hydrogens is 344 g/mol. The first-order valence-electron chi connectivity index (χ1n) is 9.69. The molecule has 0 aromatic carbocycles. The molecule has 2 aliphatic heterocycles. The van der Waals surface area contributed by atoms with Crippen molar-refractivity contribution in [3.63, 3.8) is 0 Å². The number of H-pyrrole nitrogens is 1. The zero-order chi connectivity index (χ0) is 18.4. The van der Waals surface area contributed by atoms with Gasteiger partial charge in [0.05, 0.1) is 12.2 Å². The topological polar surface area (TPSA) is 88.4 Å². The van der Waals surface area contributed by atoms with Crippen molar-refractivity contribution in [1.29, 1.82) is 0 Å². The van der Waals surface area contributed by atoms with Crippen LogP contribution in [0.3, 0.4) is 0 Å². The molecule has 1 N–H and O–H groups in total. The molecule has 3 aliphatic rings. The van der Waals surface area contributed by atoms with Crippen LogP contribution in [-0.2, 0) is 4.74 Å². The Labute approximate surface area is 156 Å². The Morgan fingerprint density at radius 3 is 2.81 bits per heavy atom. The van der Waals surface area contributed by atoms with Gasteiger partial charge in [0.2, 0.25) is 0 Å². The fourth-order valence-electron chi connectivity index (χ4n) is 4.47. The molecule has 3 atom stereocenters. The van der Waals surface area contributed by atoms with Gasteiger partial charge in [-0.15, -0.1) is 0 Å². The summed E-state index contributed by atoms with van der Waals surface area (Å²) in [5.41, 5.74) is 0.603. The van der Waals surface area contributed by atoms with Gasteiger partial charge in [-0.05, 0) is 31.8 Å². The van der Waals surface area contributed by atoms with Crippen molar-refractivity contribution in [2.24, 2.45) is 10.9 Å². The SMILES string of the molecule is CN1C=CC=NC1[C@H]1CC[C@H]1c1nc2c(cnn2C2CCOCC2)c(=O)[nH]1. The number of nitrogens with one attached hydrogen (secondary N) is 1. The first-order valence-corrected chi connectivity index (χ1v) is 9.69. The lowest BCUT2D eigenvalue weighted by Crippen LogP contribution is -2.43. The van der Waals surface area contributed by atoms with Gasteiger partial charge in [0.1, 0.15) is 17.4 Å². The Balaban J connectivity index is 1.49. The third kappa shape index (κ3) is 2.79. The number of rotatable bonds is 3. The maximum absolute atomic E-state index is 12.7. The summed E-state index contributed by atoms with van der Waals surface area (Å²) in [4.78, 5) is 27.3. The normalized spacial score (nSPS) is 28.6. The quantitative estimate of drug-likeness (QED) is 0.893. The van der Waals surface area contributed by atoms with Crippen molar-refractivity contribution >= 4 is 17.2 Å². The fraction of sp³-hybridized carbons (Fsp3) is 0.579. The maximum atomic E-state index is 12.7. The Kier molecular flexibility index (Phi) is 4.07. The van der Waals surface area contributed by atoms with Gasteiger partial charge in [0.25, 0.3) is 5.56 Å². The molecule has 4 heterocycles. The molecule has 0 amide bonds. The Morgan fingerprint density at radius 1 is 1.22 bits per heavy atom. The minimum absolute atomic E-state index is 0.0978. The molecule has 1 aliphatic carbocycles. The van der Waals surface area contributed by atoms with Crippen LogP contribution in [0.15, 0.2) is 28.3 Å². The highest BCUT2D eigenvalue weighted by Crippen LogP contribution is 2.45. The highest BCUT2D eigenvalue weighted by molar-refractivity contribution is 5.73. The number of hydrogen-bond acceptors (Lipinski definition) is 6. The molecule has 8 heteroatoms. The first-order chi connectivity index (χ1) is 13.2. The summed E-state index contributed by atoms with van der Waals surface area (Å²) in [6.45, 7) is 1.46. The summed E-state index contributed by atoms with van der Waals surface area (Å²) in [7, 11) is 2.05. The van der Waals surface area contributed by atoms with Gasteiger partial charge in [0.15, 0.2) is 5.65 Å². The fourth-order valence-corrected chi connectivity index (χ4v) is 4.47. The molecule has 27 heavy (non-hydrogen) atoms. The number of aliphatic imine (C=N–C) groups is 1. The summed E-state index contributed by atoms with van der Waals surface area (Å²) in [5, 5.41) is 5.05. The summed E-state index contributed by atoms with van der Waals surface area (Å²) in [5.74, 6) is 1.35. The van der Waals surface area contributed by atoms with E-state index in [9.17, 15) is 4.79 Å². The number of aromatic amines is 1. The first kappa shape index (κ1) is 16.7. The molecule has 0 spiro atoms. The highest BCUT2D eigenvalue weighted by Gasteiger charge is 2.41. The minimum Gasteiger partial charge on any atom is -0.381 e. The zero-order valence-corrected chi connectivity index (χ0v) is 15.4. The van der Waals surface area contributed by atoms with E-state index in [0.717, 1.165) is 44.7 Å². The monoisotopic (exact) mass is 368 g/mol. The number of hydrogen-bond donors (Lipinski definition) is 1. The van der Waals surface area contributed by atoms with Crippen molar-refractivity contribution < 1.29 is 4.74 Å². The van der Waals surface area contributed by atoms with Crippen LogP contribution in [0.4, 0.5) is 0 Å². The number of fused-ring (bicyclic) bond motifs is 1. The van der Waals surface area contributed by atoms with E-state index in [0.29, 0.717) is 17.0 Å². The van der Waals surface area contributed by atoms with Crippen molar-refractivity contribution in [2.75, 3.05) is 20.3 Å². The molecule has 2 aromatic heterocycles. The van der Waals surface area contributed by atoms with Gasteiger partial charge in [-0.1, -0.05) is 0 Å². The number of ether oxygens (including phenoxy) is 1. The van der Waals surface area contributed by atoms with E-state index in [1.165, 1.54) is 0 Å². The predicted octanol–water partition coefficient (Wildman–Crippen LogP) is 1.82. The summed E-state index contributed by atoms with van der Waals surface area (Å²) in [6.07, 6.45) is 11.5. The van der Waals surface area contributed by atoms with Crippen molar-refractivity contribution in [1.82, 2.24) is 24.6 Å². The van der Waals surface area contributed by atoms with Crippen LogP contribution in [0.5, 0.6) is 0 Å². The average molecular weight is 368 g/mol. The smallest absolute Gasteiger partial charge is 0.262 e. The van der Waals surface area contributed by atoms with E-state index in [1.807, 2.05) is 30.2 Å². The van der Waals surface area contributed by atoms with E-state index >= 15 is 0 Å². The third-order valence-electron chi connectivity index (χ3n) is 6.14. The van der Waals surface area contributed by atoms with Crippen molar-refractivity contribution in [2.45, 2.75) is 43.8 Å². The Morgan fingerprint density at radius 2 is 2.07 bits per heavy atom. The van der Waals surface area contributed by atoms with Gasteiger partial charge in [-0.25, -0.2) is 9.67 Å². The molecule has 2 aromatic rings. The lowest BCUT2D eigenvalue weighted by molar-refractivity contribution is 0.0673. The van der Waals surface area contributed by atoms with Crippen LogP contribution in [-0.4, -0.2) is 57.3 Å². The second kappa shape index (κ2) is 6.60. The van der Waals surface area contributed by atoms with Gasteiger partial charge in [-0.3, -0.25) is 9.79 Å². The maximum Gasteiger partial charge on any atom is 0.262 e. The number of aromatic nitrogens is 4. The predicted molar refractivity (Wildman–Crippen MR) is 102 cm³/mol. The molecule has 0 radical (unpaired) electrons. The molecule has 1 saturated carbocycles. The van der Waals surface area contributed by atoms with E-state index in [1.54, 1.807) is 6.20 Å². The molecule has 1 saturated heterocycles. The summed E-state index contributed by atoms with van der Waals surface area (Å²) < 4.78 is 7.39. The van der Waals surface area contributed by atoms with E-state index < -0.39 is 0 Å².